The molecule has 2 fully saturated rings. The summed E-state index contributed by atoms with van der Waals surface area (Å²) in [5, 5.41) is 10.4. The van der Waals surface area contributed by atoms with Gasteiger partial charge in [-0.05, 0) is 31.1 Å². The van der Waals surface area contributed by atoms with Crippen molar-refractivity contribution in [3.8, 4) is 0 Å². The monoisotopic (exact) mass is 224 g/mol. The number of carbonyl (C=O) groups is 1. The van der Waals surface area contributed by atoms with Gasteiger partial charge in [-0.15, -0.1) is 0 Å². The molecule has 0 bridgehead atoms. The van der Waals surface area contributed by atoms with E-state index in [1.807, 2.05) is 0 Å². The summed E-state index contributed by atoms with van der Waals surface area (Å²) in [6.07, 6.45) is 8.43. The Morgan fingerprint density at radius 2 is 1.94 bits per heavy atom. The standard InChI is InChI=1S/C14H24O2/c1-2-10-8-9-12(15)13(10)14(16)11-6-4-3-5-7-11/h10-11,13-14,16H,2-9H2,1H3/t10-,13+,14+/m1/s1. The Balaban J connectivity index is 2.00. The maximum Gasteiger partial charge on any atom is 0.138 e. The molecule has 0 spiro atoms. The summed E-state index contributed by atoms with van der Waals surface area (Å²) in [7, 11) is 0. The molecule has 2 nitrogen and oxygen atoms in total. The molecule has 0 unspecified atom stereocenters. The zero-order valence-corrected chi connectivity index (χ0v) is 10.3. The van der Waals surface area contributed by atoms with E-state index in [1.165, 1.54) is 19.3 Å². The fraction of sp³-hybridized carbons (Fsp3) is 0.929. The number of ketones is 1. The third-order valence-corrected chi connectivity index (χ3v) is 4.67. The van der Waals surface area contributed by atoms with Gasteiger partial charge in [-0.1, -0.05) is 32.6 Å². The van der Waals surface area contributed by atoms with Gasteiger partial charge in [-0.25, -0.2) is 0 Å². The normalized spacial score (nSPS) is 34.2. The van der Waals surface area contributed by atoms with Gasteiger partial charge < -0.3 is 5.11 Å². The molecule has 2 saturated carbocycles. The van der Waals surface area contributed by atoms with E-state index in [4.69, 9.17) is 0 Å². The van der Waals surface area contributed by atoms with Gasteiger partial charge in [0.05, 0.1) is 6.10 Å². The van der Waals surface area contributed by atoms with Crippen molar-refractivity contribution in [2.45, 2.75) is 64.4 Å². The third-order valence-electron chi connectivity index (χ3n) is 4.67. The smallest absolute Gasteiger partial charge is 0.138 e. The minimum Gasteiger partial charge on any atom is -0.392 e. The largest absolute Gasteiger partial charge is 0.392 e. The van der Waals surface area contributed by atoms with Crippen LogP contribution < -0.4 is 0 Å². The Morgan fingerprint density at radius 3 is 2.56 bits per heavy atom. The molecule has 2 heteroatoms. The van der Waals surface area contributed by atoms with Crippen LogP contribution in [0.5, 0.6) is 0 Å². The highest BCUT2D eigenvalue weighted by molar-refractivity contribution is 5.84. The second-order valence-electron chi connectivity index (χ2n) is 5.59. The first-order valence-corrected chi connectivity index (χ1v) is 6.94. The maximum absolute atomic E-state index is 11.9. The fourth-order valence-corrected chi connectivity index (χ4v) is 3.63. The Kier molecular flexibility index (Phi) is 4.01. The van der Waals surface area contributed by atoms with Crippen LogP contribution in [-0.2, 0) is 4.79 Å². The molecular formula is C14H24O2. The molecule has 0 aliphatic heterocycles. The quantitative estimate of drug-likeness (QED) is 0.800. The topological polar surface area (TPSA) is 37.3 Å². The Bertz CT molecular complexity index is 243. The summed E-state index contributed by atoms with van der Waals surface area (Å²) >= 11 is 0. The van der Waals surface area contributed by atoms with Gasteiger partial charge in [0.1, 0.15) is 5.78 Å². The van der Waals surface area contributed by atoms with Crippen molar-refractivity contribution in [3.63, 3.8) is 0 Å². The van der Waals surface area contributed by atoms with E-state index in [0.29, 0.717) is 24.0 Å². The average Bonchev–Trinajstić information content (AvgIpc) is 2.70. The molecule has 0 aromatic carbocycles. The van der Waals surface area contributed by atoms with Crippen LogP contribution in [0.3, 0.4) is 0 Å². The molecule has 0 aromatic rings. The molecule has 0 aromatic heterocycles. The number of aliphatic hydroxyl groups is 1. The van der Waals surface area contributed by atoms with Crippen molar-refractivity contribution in [2.24, 2.45) is 17.8 Å². The van der Waals surface area contributed by atoms with Gasteiger partial charge in [0, 0.05) is 12.3 Å². The summed E-state index contributed by atoms with van der Waals surface area (Å²) in [4.78, 5) is 11.9. The summed E-state index contributed by atoms with van der Waals surface area (Å²) < 4.78 is 0. The van der Waals surface area contributed by atoms with Crippen molar-refractivity contribution in [3.05, 3.63) is 0 Å². The minimum absolute atomic E-state index is 0.0342. The van der Waals surface area contributed by atoms with E-state index in [9.17, 15) is 9.90 Å². The second-order valence-corrected chi connectivity index (χ2v) is 5.59. The van der Waals surface area contributed by atoms with E-state index in [2.05, 4.69) is 6.92 Å². The predicted octanol–water partition coefficient (Wildman–Crippen LogP) is 2.93. The van der Waals surface area contributed by atoms with Crippen molar-refractivity contribution in [2.75, 3.05) is 0 Å². The molecule has 2 aliphatic carbocycles. The van der Waals surface area contributed by atoms with Crippen LogP contribution in [0.15, 0.2) is 0 Å². The number of Topliss-reactive ketones (excluding diaryl/α,β-unsaturated/α-hetero) is 1. The molecule has 92 valence electrons. The first-order valence-electron chi connectivity index (χ1n) is 6.94. The summed E-state index contributed by atoms with van der Waals surface area (Å²) in [5.41, 5.74) is 0. The van der Waals surface area contributed by atoms with Crippen molar-refractivity contribution in [1.82, 2.24) is 0 Å². The fourth-order valence-electron chi connectivity index (χ4n) is 3.63. The molecule has 2 rings (SSSR count). The summed E-state index contributed by atoms with van der Waals surface area (Å²) in [6, 6.07) is 0. The molecule has 3 atom stereocenters. The second kappa shape index (κ2) is 5.31. The molecule has 2 aliphatic rings. The predicted molar refractivity (Wildman–Crippen MR) is 64.1 cm³/mol. The first kappa shape index (κ1) is 12.1. The van der Waals surface area contributed by atoms with Crippen molar-refractivity contribution in [1.29, 1.82) is 0 Å². The lowest BCUT2D eigenvalue weighted by Crippen LogP contribution is -2.36. The van der Waals surface area contributed by atoms with E-state index in [-0.39, 0.29) is 12.0 Å². The van der Waals surface area contributed by atoms with Gasteiger partial charge in [0.15, 0.2) is 0 Å². The third kappa shape index (κ3) is 2.32. The van der Waals surface area contributed by atoms with Crippen LogP contribution in [0.1, 0.15) is 58.3 Å². The first-order chi connectivity index (χ1) is 7.74. The molecule has 0 saturated heterocycles. The van der Waals surface area contributed by atoms with Crippen LogP contribution in [0.25, 0.3) is 0 Å². The van der Waals surface area contributed by atoms with E-state index in [1.54, 1.807) is 0 Å². The Hall–Kier alpha value is -0.370. The zero-order chi connectivity index (χ0) is 11.5. The van der Waals surface area contributed by atoms with Gasteiger partial charge in [-0.3, -0.25) is 4.79 Å². The lowest BCUT2D eigenvalue weighted by atomic mass is 9.76. The zero-order valence-electron chi connectivity index (χ0n) is 10.3. The minimum atomic E-state index is -0.347. The Labute approximate surface area is 98.4 Å². The van der Waals surface area contributed by atoms with Gasteiger partial charge >= 0.3 is 0 Å². The maximum atomic E-state index is 11.9. The van der Waals surface area contributed by atoms with Crippen LogP contribution in [0.4, 0.5) is 0 Å². The van der Waals surface area contributed by atoms with Crippen LogP contribution in [0, 0.1) is 17.8 Å². The highest BCUT2D eigenvalue weighted by Gasteiger charge is 2.41. The van der Waals surface area contributed by atoms with Crippen LogP contribution in [0.2, 0.25) is 0 Å². The number of aliphatic hydroxyl groups excluding tert-OH is 1. The molecule has 1 N–H and O–H groups in total. The van der Waals surface area contributed by atoms with Crippen molar-refractivity contribution < 1.29 is 9.90 Å². The van der Waals surface area contributed by atoms with Gasteiger partial charge in [0.2, 0.25) is 0 Å². The lowest BCUT2D eigenvalue weighted by Gasteiger charge is -2.32. The number of hydrogen-bond donors (Lipinski definition) is 1. The van der Waals surface area contributed by atoms with E-state index in [0.717, 1.165) is 25.7 Å². The molecular weight excluding hydrogens is 200 g/mol. The van der Waals surface area contributed by atoms with Gasteiger partial charge in [-0.2, -0.15) is 0 Å². The van der Waals surface area contributed by atoms with E-state index >= 15 is 0 Å². The SMILES string of the molecule is CC[C@@H]1CCC(=O)[C@H]1[C@@H](O)C1CCCCC1. The molecule has 0 radical (unpaired) electrons. The molecule has 0 amide bonds. The number of hydrogen-bond acceptors (Lipinski definition) is 2. The van der Waals surface area contributed by atoms with Crippen LogP contribution in [-0.4, -0.2) is 17.0 Å². The van der Waals surface area contributed by atoms with Crippen LogP contribution >= 0.6 is 0 Å². The average molecular weight is 224 g/mol. The highest BCUT2D eigenvalue weighted by atomic mass is 16.3. The molecule has 16 heavy (non-hydrogen) atoms. The van der Waals surface area contributed by atoms with Gasteiger partial charge in [0.25, 0.3) is 0 Å². The number of rotatable bonds is 3. The lowest BCUT2D eigenvalue weighted by molar-refractivity contribution is -0.126. The Morgan fingerprint density at radius 1 is 1.25 bits per heavy atom. The van der Waals surface area contributed by atoms with Crippen molar-refractivity contribution >= 4 is 5.78 Å². The summed E-state index contributed by atoms with van der Waals surface area (Å²) in [6.45, 7) is 2.14. The van der Waals surface area contributed by atoms with E-state index < -0.39 is 0 Å². The number of carbonyl (C=O) groups excluding carboxylic acids is 1. The molecule has 0 heterocycles. The summed E-state index contributed by atoms with van der Waals surface area (Å²) in [5.74, 6) is 1.14. The highest BCUT2D eigenvalue weighted by Crippen LogP contribution is 2.39.